The molecule has 3 rings (SSSR count). The second kappa shape index (κ2) is 11.1. The number of halogens is 1. The molecule has 5 nitrogen and oxygen atoms in total. The fourth-order valence-corrected chi connectivity index (χ4v) is 4.49. The van der Waals surface area contributed by atoms with Crippen LogP contribution in [0.4, 0.5) is 5.82 Å². The van der Waals surface area contributed by atoms with E-state index < -0.39 is 0 Å². The lowest BCUT2D eigenvalue weighted by atomic mass is 10.1. The van der Waals surface area contributed by atoms with Crippen molar-refractivity contribution in [3.63, 3.8) is 0 Å². The minimum atomic E-state index is 0. The largest absolute Gasteiger partial charge is 0.357 e. The number of nitrogens with zero attached hydrogens (tertiary/aromatic N) is 3. The van der Waals surface area contributed by atoms with E-state index in [2.05, 4.69) is 49.4 Å². The van der Waals surface area contributed by atoms with E-state index in [0.29, 0.717) is 0 Å². The number of aliphatic imine (C=N–C) groups is 1. The molecule has 0 aromatic carbocycles. The topological polar surface area (TPSA) is 52.6 Å². The van der Waals surface area contributed by atoms with Crippen LogP contribution in [0.15, 0.2) is 23.3 Å². The highest BCUT2D eigenvalue weighted by atomic mass is 127. The second-order valence-electron chi connectivity index (χ2n) is 6.51. The lowest BCUT2D eigenvalue weighted by Gasteiger charge is -2.28. The average Bonchev–Trinajstić information content (AvgIpc) is 3.16. The Bertz CT molecular complexity index is 542. The zero-order chi connectivity index (χ0) is 16.6. The van der Waals surface area contributed by atoms with Gasteiger partial charge in [0.2, 0.25) is 0 Å². The van der Waals surface area contributed by atoms with Gasteiger partial charge in [-0.25, -0.2) is 4.98 Å². The van der Waals surface area contributed by atoms with Crippen LogP contribution < -0.4 is 15.5 Å². The van der Waals surface area contributed by atoms with E-state index in [1.807, 2.05) is 13.2 Å². The Labute approximate surface area is 172 Å². The molecule has 3 heterocycles. The van der Waals surface area contributed by atoms with Crippen LogP contribution in [0.2, 0.25) is 0 Å². The van der Waals surface area contributed by atoms with Gasteiger partial charge in [-0.2, -0.15) is 11.8 Å². The molecule has 0 spiro atoms. The van der Waals surface area contributed by atoms with Crippen molar-refractivity contribution in [3.05, 3.63) is 23.9 Å². The number of hydrogen-bond donors (Lipinski definition) is 2. The van der Waals surface area contributed by atoms with Gasteiger partial charge in [-0.3, -0.25) is 4.99 Å². The molecule has 2 aliphatic rings. The number of hydrogen-bond acceptors (Lipinski definition) is 4. The summed E-state index contributed by atoms with van der Waals surface area (Å²) in [7, 11) is 1.84. The van der Waals surface area contributed by atoms with Crippen LogP contribution in [0.25, 0.3) is 0 Å². The molecule has 2 aliphatic heterocycles. The zero-order valence-electron chi connectivity index (χ0n) is 15.0. The fourth-order valence-electron chi connectivity index (χ4n) is 3.29. The van der Waals surface area contributed by atoms with Crippen LogP contribution in [-0.4, -0.2) is 48.6 Å². The molecule has 0 radical (unpaired) electrons. The Hall–Kier alpha value is -0.700. The van der Waals surface area contributed by atoms with Gasteiger partial charge in [-0.15, -0.1) is 24.0 Å². The molecule has 2 N–H and O–H groups in total. The summed E-state index contributed by atoms with van der Waals surface area (Å²) in [6.07, 6.45) is 8.49. The fraction of sp³-hybridized carbons (Fsp3) is 0.667. The van der Waals surface area contributed by atoms with Crippen LogP contribution in [0, 0.1) is 0 Å². The van der Waals surface area contributed by atoms with E-state index in [-0.39, 0.29) is 24.0 Å². The molecule has 1 aromatic heterocycles. The van der Waals surface area contributed by atoms with Crippen molar-refractivity contribution in [2.75, 3.05) is 37.3 Å². The van der Waals surface area contributed by atoms with Gasteiger partial charge in [0.25, 0.3) is 0 Å². The first-order chi connectivity index (χ1) is 11.8. The van der Waals surface area contributed by atoms with Crippen molar-refractivity contribution in [1.29, 1.82) is 0 Å². The summed E-state index contributed by atoms with van der Waals surface area (Å²) in [6, 6.07) is 4.29. The number of aromatic nitrogens is 1. The summed E-state index contributed by atoms with van der Waals surface area (Å²) in [5, 5.41) is 7.61. The highest BCUT2D eigenvalue weighted by Gasteiger charge is 2.16. The highest BCUT2D eigenvalue weighted by molar-refractivity contribution is 14.0. The third-order valence-corrected chi connectivity index (χ3v) is 6.09. The quantitative estimate of drug-likeness (QED) is 0.389. The number of piperidine rings is 1. The standard InChI is InChI=1S/C18H29N5S.HI/c1-19-18(22-14-16-6-5-11-24-16)21-13-15-7-8-20-17(12-15)23-9-3-2-4-10-23;/h7-8,12,16H,2-6,9-11,13-14H2,1H3,(H2,19,21,22);1H. The lowest BCUT2D eigenvalue weighted by Crippen LogP contribution is -2.39. The van der Waals surface area contributed by atoms with Gasteiger partial charge < -0.3 is 15.5 Å². The van der Waals surface area contributed by atoms with E-state index in [1.165, 1.54) is 43.4 Å². The minimum Gasteiger partial charge on any atom is -0.357 e. The van der Waals surface area contributed by atoms with Gasteiger partial charge in [-0.05, 0) is 55.6 Å². The summed E-state index contributed by atoms with van der Waals surface area (Å²) < 4.78 is 0. The smallest absolute Gasteiger partial charge is 0.191 e. The molecule has 7 heteroatoms. The summed E-state index contributed by atoms with van der Waals surface area (Å²) >= 11 is 2.07. The molecule has 0 bridgehead atoms. The summed E-state index contributed by atoms with van der Waals surface area (Å²) in [6.45, 7) is 4.04. The molecule has 1 atom stereocenters. The molecule has 0 saturated carbocycles. The van der Waals surface area contributed by atoms with E-state index in [9.17, 15) is 0 Å². The number of anilines is 1. The average molecular weight is 475 g/mol. The van der Waals surface area contributed by atoms with Crippen LogP contribution >= 0.6 is 35.7 Å². The van der Waals surface area contributed by atoms with Crippen molar-refractivity contribution in [2.24, 2.45) is 4.99 Å². The van der Waals surface area contributed by atoms with Crippen molar-refractivity contribution in [1.82, 2.24) is 15.6 Å². The predicted octanol–water partition coefficient (Wildman–Crippen LogP) is 3.25. The first-order valence-corrected chi connectivity index (χ1v) is 10.2. The molecule has 0 aliphatic carbocycles. The lowest BCUT2D eigenvalue weighted by molar-refractivity contribution is 0.573. The molecule has 2 fully saturated rings. The van der Waals surface area contributed by atoms with Crippen LogP contribution in [0.3, 0.4) is 0 Å². The Balaban J connectivity index is 0.00000225. The molecule has 2 saturated heterocycles. The van der Waals surface area contributed by atoms with Crippen LogP contribution in [0.1, 0.15) is 37.7 Å². The van der Waals surface area contributed by atoms with Crippen molar-refractivity contribution in [2.45, 2.75) is 43.9 Å². The Morgan fingerprint density at radius 3 is 2.84 bits per heavy atom. The maximum Gasteiger partial charge on any atom is 0.191 e. The maximum absolute atomic E-state index is 4.55. The van der Waals surface area contributed by atoms with Gasteiger partial charge >= 0.3 is 0 Å². The molecular weight excluding hydrogens is 445 g/mol. The monoisotopic (exact) mass is 475 g/mol. The number of pyridine rings is 1. The first-order valence-electron chi connectivity index (χ1n) is 9.11. The van der Waals surface area contributed by atoms with E-state index in [0.717, 1.165) is 43.2 Å². The molecule has 1 aromatic rings. The summed E-state index contributed by atoms with van der Waals surface area (Å²) in [5.41, 5.74) is 1.25. The third-order valence-electron chi connectivity index (χ3n) is 4.69. The maximum atomic E-state index is 4.55. The van der Waals surface area contributed by atoms with Crippen LogP contribution in [-0.2, 0) is 6.54 Å². The molecule has 25 heavy (non-hydrogen) atoms. The predicted molar refractivity (Wildman–Crippen MR) is 119 cm³/mol. The number of rotatable bonds is 5. The second-order valence-corrected chi connectivity index (χ2v) is 7.92. The van der Waals surface area contributed by atoms with Gasteiger partial charge in [0.15, 0.2) is 5.96 Å². The van der Waals surface area contributed by atoms with E-state index in [4.69, 9.17) is 0 Å². The van der Waals surface area contributed by atoms with E-state index >= 15 is 0 Å². The third kappa shape index (κ3) is 6.51. The van der Waals surface area contributed by atoms with Gasteiger partial charge in [0, 0.05) is 44.7 Å². The number of nitrogens with one attached hydrogen (secondary N) is 2. The molecule has 1 unspecified atom stereocenters. The molecular formula is C18H30IN5S. The highest BCUT2D eigenvalue weighted by Crippen LogP contribution is 2.25. The number of guanidine groups is 1. The molecule has 0 amide bonds. The van der Waals surface area contributed by atoms with Gasteiger partial charge in [0.1, 0.15) is 5.82 Å². The van der Waals surface area contributed by atoms with Crippen molar-refractivity contribution < 1.29 is 0 Å². The van der Waals surface area contributed by atoms with E-state index in [1.54, 1.807) is 0 Å². The summed E-state index contributed by atoms with van der Waals surface area (Å²) in [4.78, 5) is 11.3. The zero-order valence-corrected chi connectivity index (χ0v) is 18.2. The van der Waals surface area contributed by atoms with Gasteiger partial charge in [0.05, 0.1) is 0 Å². The Morgan fingerprint density at radius 2 is 2.12 bits per heavy atom. The molecule has 140 valence electrons. The minimum absolute atomic E-state index is 0. The van der Waals surface area contributed by atoms with Gasteiger partial charge in [-0.1, -0.05) is 0 Å². The Kier molecular flexibility index (Phi) is 9.16. The normalized spacial score (nSPS) is 20.9. The first kappa shape index (κ1) is 20.6. The van der Waals surface area contributed by atoms with Crippen molar-refractivity contribution >= 4 is 47.5 Å². The van der Waals surface area contributed by atoms with Crippen molar-refractivity contribution in [3.8, 4) is 0 Å². The van der Waals surface area contributed by atoms with Crippen LogP contribution in [0.5, 0.6) is 0 Å². The Morgan fingerprint density at radius 1 is 1.28 bits per heavy atom. The SMILES string of the molecule is CN=C(NCc1ccnc(N2CCCCC2)c1)NCC1CCCS1.I. The number of thioether (sulfide) groups is 1. The summed E-state index contributed by atoms with van der Waals surface area (Å²) in [5.74, 6) is 3.30.